The van der Waals surface area contributed by atoms with E-state index in [-0.39, 0.29) is 24.3 Å². The summed E-state index contributed by atoms with van der Waals surface area (Å²) in [5.41, 5.74) is 0.400. The lowest BCUT2D eigenvalue weighted by atomic mass is 9.71. The Bertz CT molecular complexity index is 311. The van der Waals surface area contributed by atoms with Crippen LogP contribution in [0.4, 0.5) is 0 Å². The molecule has 104 valence electrons. The number of ether oxygens (including phenoxy) is 2. The second-order valence-electron chi connectivity index (χ2n) is 6.80. The van der Waals surface area contributed by atoms with Crippen LogP contribution in [-0.2, 0) is 14.3 Å². The van der Waals surface area contributed by atoms with E-state index in [1.165, 1.54) is 19.3 Å². The third-order valence-electron chi connectivity index (χ3n) is 4.43. The number of epoxide rings is 1. The molecule has 0 N–H and O–H groups in total. The van der Waals surface area contributed by atoms with E-state index in [2.05, 4.69) is 13.8 Å². The van der Waals surface area contributed by atoms with Crippen LogP contribution in [0, 0.1) is 11.3 Å². The minimum Gasteiger partial charge on any atom is -0.462 e. The number of rotatable bonds is 4. The average molecular weight is 254 g/mol. The maximum Gasteiger partial charge on any atom is 0.308 e. The number of esters is 1. The summed E-state index contributed by atoms with van der Waals surface area (Å²) in [5, 5.41) is 0. The van der Waals surface area contributed by atoms with Gasteiger partial charge in [0.15, 0.2) is 0 Å². The predicted octanol–water partition coefficient (Wildman–Crippen LogP) is 3.31. The summed E-state index contributed by atoms with van der Waals surface area (Å²) >= 11 is 0. The van der Waals surface area contributed by atoms with Crippen molar-refractivity contribution in [2.75, 3.05) is 0 Å². The Morgan fingerprint density at radius 2 is 2.17 bits per heavy atom. The molecule has 1 saturated heterocycles. The van der Waals surface area contributed by atoms with Crippen molar-refractivity contribution in [1.82, 2.24) is 0 Å². The summed E-state index contributed by atoms with van der Waals surface area (Å²) in [7, 11) is 0. The summed E-state index contributed by atoms with van der Waals surface area (Å²) in [6, 6.07) is 0. The van der Waals surface area contributed by atoms with E-state index >= 15 is 0 Å². The fourth-order valence-corrected chi connectivity index (χ4v) is 3.12. The molecule has 2 fully saturated rings. The van der Waals surface area contributed by atoms with Crippen LogP contribution >= 0.6 is 0 Å². The van der Waals surface area contributed by atoms with Crippen molar-refractivity contribution in [2.45, 2.75) is 78.1 Å². The van der Waals surface area contributed by atoms with Gasteiger partial charge >= 0.3 is 5.97 Å². The van der Waals surface area contributed by atoms with Crippen LogP contribution in [0.5, 0.6) is 0 Å². The molecule has 2 aliphatic rings. The summed E-state index contributed by atoms with van der Waals surface area (Å²) < 4.78 is 10.8. The van der Waals surface area contributed by atoms with Gasteiger partial charge in [-0.3, -0.25) is 4.79 Å². The minimum atomic E-state index is -0.0970. The number of hydrogen-bond acceptors (Lipinski definition) is 3. The smallest absolute Gasteiger partial charge is 0.308 e. The first-order valence-electron chi connectivity index (χ1n) is 7.22. The minimum absolute atomic E-state index is 0.0473. The highest BCUT2D eigenvalue weighted by Gasteiger charge is 2.38. The molecule has 0 aromatic heterocycles. The molecule has 0 aromatic carbocycles. The summed E-state index contributed by atoms with van der Waals surface area (Å²) in [6.07, 6.45) is 5.70. The van der Waals surface area contributed by atoms with Gasteiger partial charge in [0.1, 0.15) is 6.10 Å². The van der Waals surface area contributed by atoms with Crippen molar-refractivity contribution >= 4 is 5.97 Å². The first-order valence-corrected chi connectivity index (χ1v) is 7.22. The first kappa shape index (κ1) is 13.9. The third kappa shape index (κ3) is 3.71. The van der Waals surface area contributed by atoms with Crippen LogP contribution < -0.4 is 0 Å². The van der Waals surface area contributed by atoms with Crippen LogP contribution in [-0.4, -0.2) is 24.3 Å². The SMILES string of the molecule is C[C@@H]1O[C@H]1CC(=O)O[C@H](C)[C@H]1CCCC(C)(C)C1. The molecule has 3 heteroatoms. The predicted molar refractivity (Wildman–Crippen MR) is 70.2 cm³/mol. The van der Waals surface area contributed by atoms with E-state index in [4.69, 9.17) is 9.47 Å². The van der Waals surface area contributed by atoms with Crippen molar-refractivity contribution in [3.8, 4) is 0 Å². The summed E-state index contributed by atoms with van der Waals surface area (Å²) in [5.74, 6) is 0.426. The van der Waals surface area contributed by atoms with Crippen molar-refractivity contribution in [1.29, 1.82) is 0 Å². The van der Waals surface area contributed by atoms with Gasteiger partial charge in [-0.05, 0) is 44.4 Å². The van der Waals surface area contributed by atoms with E-state index < -0.39 is 0 Å². The Morgan fingerprint density at radius 3 is 2.72 bits per heavy atom. The lowest BCUT2D eigenvalue weighted by Gasteiger charge is -2.37. The molecule has 3 nitrogen and oxygen atoms in total. The molecular formula is C15H26O3. The van der Waals surface area contributed by atoms with Gasteiger partial charge in [0.25, 0.3) is 0 Å². The van der Waals surface area contributed by atoms with Crippen LogP contribution in [0.3, 0.4) is 0 Å². The molecule has 0 amide bonds. The van der Waals surface area contributed by atoms with Gasteiger partial charge in [-0.15, -0.1) is 0 Å². The molecule has 2 rings (SSSR count). The average Bonchev–Trinajstić information content (AvgIpc) is 2.92. The third-order valence-corrected chi connectivity index (χ3v) is 4.43. The Morgan fingerprint density at radius 1 is 1.50 bits per heavy atom. The molecule has 4 atom stereocenters. The van der Waals surface area contributed by atoms with Crippen LogP contribution in [0.25, 0.3) is 0 Å². The zero-order chi connectivity index (χ0) is 13.3. The molecule has 0 bridgehead atoms. The monoisotopic (exact) mass is 254 g/mol. The fraction of sp³-hybridized carbons (Fsp3) is 0.933. The highest BCUT2D eigenvalue weighted by atomic mass is 16.6. The quantitative estimate of drug-likeness (QED) is 0.570. The van der Waals surface area contributed by atoms with Crippen molar-refractivity contribution < 1.29 is 14.3 Å². The van der Waals surface area contributed by atoms with Gasteiger partial charge in [-0.1, -0.05) is 20.3 Å². The van der Waals surface area contributed by atoms with Gasteiger partial charge in [-0.25, -0.2) is 0 Å². The zero-order valence-electron chi connectivity index (χ0n) is 12.1. The molecule has 1 aliphatic carbocycles. The van der Waals surface area contributed by atoms with Gasteiger partial charge in [0, 0.05) is 0 Å². The van der Waals surface area contributed by atoms with Crippen LogP contribution in [0.2, 0.25) is 0 Å². The van der Waals surface area contributed by atoms with E-state index in [0.29, 0.717) is 17.8 Å². The lowest BCUT2D eigenvalue weighted by molar-refractivity contribution is -0.152. The van der Waals surface area contributed by atoms with Crippen LogP contribution in [0.15, 0.2) is 0 Å². The van der Waals surface area contributed by atoms with Gasteiger partial charge in [0.2, 0.25) is 0 Å². The van der Waals surface area contributed by atoms with Crippen molar-refractivity contribution in [3.63, 3.8) is 0 Å². The Balaban J connectivity index is 1.76. The molecule has 0 aromatic rings. The molecular weight excluding hydrogens is 228 g/mol. The second kappa shape index (κ2) is 5.20. The molecule has 1 heterocycles. The second-order valence-corrected chi connectivity index (χ2v) is 6.80. The largest absolute Gasteiger partial charge is 0.462 e. The molecule has 1 saturated carbocycles. The first-order chi connectivity index (χ1) is 8.37. The van der Waals surface area contributed by atoms with Gasteiger partial charge in [-0.2, -0.15) is 0 Å². The van der Waals surface area contributed by atoms with Crippen molar-refractivity contribution in [2.24, 2.45) is 11.3 Å². The fourth-order valence-electron chi connectivity index (χ4n) is 3.12. The maximum atomic E-state index is 11.8. The molecule has 1 aliphatic heterocycles. The number of carbonyl (C=O) groups is 1. The maximum absolute atomic E-state index is 11.8. The van der Waals surface area contributed by atoms with Crippen LogP contribution in [0.1, 0.15) is 59.8 Å². The molecule has 0 spiro atoms. The highest BCUT2D eigenvalue weighted by molar-refractivity contribution is 5.70. The normalized spacial score (nSPS) is 35.9. The van der Waals surface area contributed by atoms with E-state index in [1.807, 2.05) is 13.8 Å². The van der Waals surface area contributed by atoms with E-state index in [1.54, 1.807) is 0 Å². The topological polar surface area (TPSA) is 38.8 Å². The van der Waals surface area contributed by atoms with Crippen molar-refractivity contribution in [3.05, 3.63) is 0 Å². The lowest BCUT2D eigenvalue weighted by Crippen LogP contribution is -2.32. The molecule has 18 heavy (non-hydrogen) atoms. The van der Waals surface area contributed by atoms with E-state index in [9.17, 15) is 4.79 Å². The highest BCUT2D eigenvalue weighted by Crippen LogP contribution is 2.40. The Hall–Kier alpha value is -0.570. The number of hydrogen-bond donors (Lipinski definition) is 0. The van der Waals surface area contributed by atoms with E-state index in [0.717, 1.165) is 6.42 Å². The van der Waals surface area contributed by atoms with Gasteiger partial charge < -0.3 is 9.47 Å². The molecule has 0 unspecified atom stereocenters. The standard InChI is InChI=1S/C15H26O3/c1-10(12-6-5-7-15(3,4)9-12)18-14(16)8-13-11(2)17-13/h10-13H,5-9H2,1-4H3/t10-,11+,12+,13+/m1/s1. The van der Waals surface area contributed by atoms with Gasteiger partial charge in [0.05, 0.1) is 18.6 Å². The summed E-state index contributed by atoms with van der Waals surface area (Å²) in [4.78, 5) is 11.8. The number of carbonyl (C=O) groups excluding carboxylic acids is 1. The summed E-state index contributed by atoms with van der Waals surface area (Å²) in [6.45, 7) is 8.66. The Labute approximate surface area is 110 Å². The Kier molecular flexibility index (Phi) is 4.00. The zero-order valence-corrected chi connectivity index (χ0v) is 12.1. The molecule has 0 radical (unpaired) electrons.